The fraction of sp³-hybridized carbons (Fsp3) is 0.923. The number of rotatable bonds is 5. The number of alkyl halides is 3. The average Bonchev–Trinajstić information content (AvgIpc) is 2.50. The second-order valence-corrected chi connectivity index (χ2v) is 5.44. The average molecular weight is 279 g/mol. The van der Waals surface area contributed by atoms with Gasteiger partial charge in [-0.1, -0.05) is 19.8 Å². The smallest absolute Gasteiger partial charge is 0.387 e. The summed E-state index contributed by atoms with van der Waals surface area (Å²) in [6, 6.07) is 0. The number of nitrogens with one attached hydrogen (secondary N) is 1. The van der Waals surface area contributed by atoms with Crippen molar-refractivity contribution in [1.82, 2.24) is 4.90 Å². The molecule has 0 spiro atoms. The number of likely N-dealkylation sites (tertiary alicyclic amines) is 1. The van der Waals surface area contributed by atoms with E-state index in [0.29, 0.717) is 19.0 Å². The molecule has 0 saturated carbocycles. The van der Waals surface area contributed by atoms with Crippen LogP contribution in [0.4, 0.5) is 13.2 Å². The summed E-state index contributed by atoms with van der Waals surface area (Å²) in [6.45, 7) is 3.33. The molecule has 0 aliphatic carbocycles. The van der Waals surface area contributed by atoms with Gasteiger partial charge in [0.15, 0.2) is 0 Å². The molecular weight excluding hydrogens is 255 g/mol. The highest BCUT2D eigenvalue weighted by Gasteiger charge is 2.42. The number of nitrogens with two attached hydrogens (primary N) is 1. The van der Waals surface area contributed by atoms with Crippen LogP contribution in [0.1, 0.15) is 39.0 Å². The van der Waals surface area contributed by atoms with Gasteiger partial charge in [0.25, 0.3) is 0 Å². The molecule has 1 aliphatic heterocycles. The largest absolute Gasteiger partial charge is 0.399 e. The minimum Gasteiger partial charge on any atom is -0.387 e. The first-order chi connectivity index (χ1) is 8.84. The van der Waals surface area contributed by atoms with Crippen LogP contribution in [0.3, 0.4) is 0 Å². The van der Waals surface area contributed by atoms with Crippen LogP contribution < -0.4 is 5.73 Å². The number of nitrogens with zero attached hydrogens (tertiary/aromatic N) is 1. The monoisotopic (exact) mass is 279 g/mol. The molecule has 1 saturated heterocycles. The van der Waals surface area contributed by atoms with Crippen molar-refractivity contribution in [2.24, 2.45) is 17.6 Å². The van der Waals surface area contributed by atoms with Crippen LogP contribution in [0.25, 0.3) is 0 Å². The quantitative estimate of drug-likeness (QED) is 0.600. The van der Waals surface area contributed by atoms with E-state index in [0.717, 1.165) is 32.1 Å². The first-order valence-electron chi connectivity index (χ1n) is 6.97. The van der Waals surface area contributed by atoms with E-state index < -0.39 is 17.9 Å². The van der Waals surface area contributed by atoms with Crippen molar-refractivity contribution in [1.29, 1.82) is 5.41 Å². The van der Waals surface area contributed by atoms with Crippen molar-refractivity contribution < 1.29 is 13.2 Å². The minimum absolute atomic E-state index is 0.169. The summed E-state index contributed by atoms with van der Waals surface area (Å²) in [5.41, 5.74) is 5.09. The first kappa shape index (κ1) is 16.3. The van der Waals surface area contributed by atoms with Crippen LogP contribution in [0.5, 0.6) is 0 Å². The Morgan fingerprint density at radius 2 is 2.05 bits per heavy atom. The highest BCUT2D eigenvalue weighted by atomic mass is 19.4. The van der Waals surface area contributed by atoms with E-state index in [-0.39, 0.29) is 6.54 Å². The lowest BCUT2D eigenvalue weighted by molar-refractivity contribution is -0.159. The number of hydrogen-bond acceptors (Lipinski definition) is 2. The number of amidine groups is 1. The lowest BCUT2D eigenvalue weighted by Crippen LogP contribution is -2.44. The fourth-order valence-electron chi connectivity index (χ4n) is 2.74. The van der Waals surface area contributed by atoms with Gasteiger partial charge in [-0.3, -0.25) is 5.41 Å². The topological polar surface area (TPSA) is 53.1 Å². The Morgan fingerprint density at radius 1 is 1.37 bits per heavy atom. The molecule has 19 heavy (non-hydrogen) atoms. The molecule has 3 nitrogen and oxygen atoms in total. The summed E-state index contributed by atoms with van der Waals surface area (Å²) < 4.78 is 38.3. The van der Waals surface area contributed by atoms with Crippen LogP contribution in [0, 0.1) is 17.2 Å². The summed E-state index contributed by atoms with van der Waals surface area (Å²) in [5, 5.41) is 7.12. The lowest BCUT2D eigenvalue weighted by Gasteiger charge is -2.27. The maximum Gasteiger partial charge on any atom is 0.399 e. The summed E-state index contributed by atoms with van der Waals surface area (Å²) in [4.78, 5) is 1.81. The Labute approximate surface area is 112 Å². The highest BCUT2D eigenvalue weighted by Crippen LogP contribution is 2.28. The van der Waals surface area contributed by atoms with E-state index in [1.165, 1.54) is 0 Å². The summed E-state index contributed by atoms with van der Waals surface area (Å²) in [7, 11) is 0. The van der Waals surface area contributed by atoms with E-state index in [4.69, 9.17) is 11.1 Å². The van der Waals surface area contributed by atoms with E-state index in [1.807, 2.05) is 4.90 Å². The van der Waals surface area contributed by atoms with E-state index >= 15 is 0 Å². The third-order valence-corrected chi connectivity index (χ3v) is 3.85. The second-order valence-electron chi connectivity index (χ2n) is 5.44. The molecule has 1 rings (SSSR count). The second kappa shape index (κ2) is 7.12. The molecule has 0 bridgehead atoms. The Morgan fingerprint density at radius 3 is 2.58 bits per heavy atom. The zero-order valence-corrected chi connectivity index (χ0v) is 11.5. The van der Waals surface area contributed by atoms with Gasteiger partial charge in [0, 0.05) is 6.54 Å². The van der Waals surface area contributed by atoms with Crippen LogP contribution in [0.2, 0.25) is 0 Å². The number of hydrogen-bond donors (Lipinski definition) is 2. The van der Waals surface area contributed by atoms with Gasteiger partial charge in [-0.15, -0.1) is 0 Å². The van der Waals surface area contributed by atoms with Gasteiger partial charge in [0.05, 0.1) is 0 Å². The van der Waals surface area contributed by atoms with Gasteiger partial charge in [0.1, 0.15) is 11.8 Å². The molecule has 0 aromatic heterocycles. The molecule has 0 amide bonds. The predicted octanol–water partition coefficient (Wildman–Crippen LogP) is 3.00. The van der Waals surface area contributed by atoms with Crippen molar-refractivity contribution in [2.75, 3.05) is 19.6 Å². The van der Waals surface area contributed by atoms with Gasteiger partial charge in [0.2, 0.25) is 0 Å². The summed E-state index contributed by atoms with van der Waals surface area (Å²) >= 11 is 0. The zero-order valence-electron chi connectivity index (χ0n) is 11.5. The van der Waals surface area contributed by atoms with Gasteiger partial charge in [-0.25, -0.2) is 0 Å². The molecule has 112 valence electrons. The molecule has 0 radical (unpaired) electrons. The van der Waals surface area contributed by atoms with E-state index in [1.54, 1.807) is 0 Å². The van der Waals surface area contributed by atoms with Gasteiger partial charge in [-0.2, -0.15) is 13.2 Å². The lowest BCUT2D eigenvalue weighted by atomic mass is 9.96. The van der Waals surface area contributed by atoms with Crippen LogP contribution in [0.15, 0.2) is 0 Å². The third kappa shape index (κ3) is 5.38. The molecule has 2 unspecified atom stereocenters. The normalized spacial score (nSPS) is 23.9. The SMILES string of the molecule is CCCC1CCCN(CC(C(=N)N)C(F)(F)F)CC1. The van der Waals surface area contributed by atoms with Crippen LogP contribution in [-0.2, 0) is 0 Å². The molecule has 2 atom stereocenters. The van der Waals surface area contributed by atoms with Gasteiger partial charge >= 0.3 is 6.18 Å². The highest BCUT2D eigenvalue weighted by molar-refractivity contribution is 5.80. The molecule has 6 heteroatoms. The maximum atomic E-state index is 12.8. The molecule has 1 fully saturated rings. The zero-order chi connectivity index (χ0) is 14.5. The molecule has 1 aliphatic rings. The van der Waals surface area contributed by atoms with Crippen LogP contribution in [-0.4, -0.2) is 36.5 Å². The van der Waals surface area contributed by atoms with Crippen molar-refractivity contribution in [3.63, 3.8) is 0 Å². The van der Waals surface area contributed by atoms with Crippen LogP contribution >= 0.6 is 0 Å². The molecule has 3 N–H and O–H groups in total. The maximum absolute atomic E-state index is 12.8. The third-order valence-electron chi connectivity index (χ3n) is 3.85. The van der Waals surface area contributed by atoms with Crippen molar-refractivity contribution >= 4 is 5.84 Å². The fourth-order valence-corrected chi connectivity index (χ4v) is 2.74. The van der Waals surface area contributed by atoms with Gasteiger partial charge in [-0.05, 0) is 38.3 Å². The van der Waals surface area contributed by atoms with E-state index in [2.05, 4.69) is 6.92 Å². The standard InChI is InChI=1S/C13H24F3N3/c1-2-4-10-5-3-7-19(8-6-10)9-11(12(17)18)13(14,15)16/h10-11H,2-9H2,1H3,(H3,17,18). The first-order valence-corrected chi connectivity index (χ1v) is 6.97. The van der Waals surface area contributed by atoms with Crippen molar-refractivity contribution in [3.8, 4) is 0 Å². The van der Waals surface area contributed by atoms with E-state index in [9.17, 15) is 13.2 Å². The van der Waals surface area contributed by atoms with Crippen molar-refractivity contribution in [3.05, 3.63) is 0 Å². The Kier molecular flexibility index (Phi) is 6.10. The molecule has 0 aromatic rings. The predicted molar refractivity (Wildman–Crippen MR) is 70.1 cm³/mol. The molecule has 0 aromatic carbocycles. The van der Waals surface area contributed by atoms with Gasteiger partial charge < -0.3 is 10.6 Å². The summed E-state index contributed by atoms with van der Waals surface area (Å²) in [6.07, 6.45) is 0.859. The summed E-state index contributed by atoms with van der Waals surface area (Å²) in [5.74, 6) is -1.96. The number of halogens is 3. The Hall–Kier alpha value is -0.780. The molecular formula is C13H24F3N3. The van der Waals surface area contributed by atoms with Crippen molar-refractivity contribution in [2.45, 2.75) is 45.2 Å². The Balaban J connectivity index is 2.54. The minimum atomic E-state index is -4.42. The molecule has 1 heterocycles. The Bertz CT molecular complexity index is 291.